The van der Waals surface area contributed by atoms with Crippen LogP contribution in [0, 0.1) is 11.7 Å². The number of carbonyl (C=O) groups is 1. The molecule has 1 saturated heterocycles. The normalized spacial score (nSPS) is 21.4. The van der Waals surface area contributed by atoms with Crippen molar-refractivity contribution < 1.29 is 13.7 Å². The molecule has 1 fully saturated rings. The van der Waals surface area contributed by atoms with Crippen LogP contribution in [0.3, 0.4) is 0 Å². The largest absolute Gasteiger partial charge is 0.338 e. The maximum absolute atomic E-state index is 13.6. The molecule has 0 radical (unpaired) electrons. The van der Waals surface area contributed by atoms with Crippen LogP contribution in [0.1, 0.15) is 18.4 Å². The van der Waals surface area contributed by atoms with E-state index in [2.05, 4.69) is 20.8 Å². The maximum Gasteiger partial charge on any atom is 0.237 e. The first-order valence-corrected chi connectivity index (χ1v) is 10.9. The molecule has 1 amide bonds. The van der Waals surface area contributed by atoms with Gasteiger partial charge in [0.15, 0.2) is 0 Å². The molecule has 3 unspecified atom stereocenters. The van der Waals surface area contributed by atoms with Gasteiger partial charge >= 0.3 is 0 Å². The van der Waals surface area contributed by atoms with Gasteiger partial charge in [-0.3, -0.25) is 10.1 Å². The Morgan fingerprint density at radius 1 is 1.23 bits per heavy atom. The molecule has 156 valence electrons. The highest BCUT2D eigenvalue weighted by Crippen LogP contribution is 2.25. The van der Waals surface area contributed by atoms with Crippen LogP contribution in [0.15, 0.2) is 53.1 Å². The summed E-state index contributed by atoms with van der Waals surface area (Å²) in [7, 11) is 0. The summed E-state index contributed by atoms with van der Waals surface area (Å²) in [6, 6.07) is 14.3. The predicted octanol–water partition coefficient (Wildman–Crippen LogP) is 4.01. The smallest absolute Gasteiger partial charge is 0.237 e. The zero-order chi connectivity index (χ0) is 21.1. The molecule has 3 atom stereocenters. The van der Waals surface area contributed by atoms with Crippen molar-refractivity contribution in [1.29, 1.82) is 0 Å². The Balaban J connectivity index is 1.33. The fourth-order valence-electron chi connectivity index (χ4n) is 3.31. The van der Waals surface area contributed by atoms with E-state index in [0.717, 1.165) is 5.56 Å². The average molecular weight is 447 g/mol. The molecule has 0 saturated carbocycles. The van der Waals surface area contributed by atoms with E-state index in [1.807, 2.05) is 37.3 Å². The van der Waals surface area contributed by atoms with Gasteiger partial charge in [-0.1, -0.05) is 47.1 Å². The average Bonchev–Trinajstić information content (AvgIpc) is 3.21. The third-order valence-electron chi connectivity index (χ3n) is 4.95. The fraction of sp³-hybridized carbons (Fsp3) is 0.286. The van der Waals surface area contributed by atoms with Crippen LogP contribution in [0.25, 0.3) is 11.4 Å². The minimum atomic E-state index is -0.539. The Hall–Kier alpha value is -2.42. The van der Waals surface area contributed by atoms with Crippen molar-refractivity contribution in [2.45, 2.75) is 30.6 Å². The highest BCUT2D eigenvalue weighted by atomic mass is 35.5. The van der Waals surface area contributed by atoms with Crippen molar-refractivity contribution in [2.24, 2.45) is 5.92 Å². The van der Waals surface area contributed by atoms with E-state index in [-0.39, 0.29) is 34.2 Å². The van der Waals surface area contributed by atoms with Crippen LogP contribution in [-0.2, 0) is 17.0 Å². The number of thioether (sulfide) groups is 1. The summed E-state index contributed by atoms with van der Waals surface area (Å²) < 4.78 is 18.9. The molecule has 1 aliphatic rings. The minimum absolute atomic E-state index is 0.0189. The lowest BCUT2D eigenvalue weighted by molar-refractivity contribution is -0.128. The molecule has 4 rings (SSSR count). The van der Waals surface area contributed by atoms with Crippen molar-refractivity contribution in [3.63, 3.8) is 0 Å². The molecule has 9 heteroatoms. The molecular weight excluding hydrogens is 427 g/mol. The zero-order valence-electron chi connectivity index (χ0n) is 16.1. The Labute approximate surface area is 182 Å². The minimum Gasteiger partial charge on any atom is -0.338 e. The summed E-state index contributed by atoms with van der Waals surface area (Å²) >= 11 is 7.15. The molecule has 2 N–H and O–H groups in total. The Morgan fingerprint density at radius 2 is 2.03 bits per heavy atom. The van der Waals surface area contributed by atoms with Crippen LogP contribution in [0.5, 0.6) is 0 Å². The van der Waals surface area contributed by atoms with Crippen molar-refractivity contribution in [2.75, 3.05) is 0 Å². The van der Waals surface area contributed by atoms with Gasteiger partial charge in [-0.2, -0.15) is 4.98 Å². The molecule has 1 aromatic heterocycles. The van der Waals surface area contributed by atoms with Crippen molar-refractivity contribution in [3.05, 3.63) is 70.8 Å². The summed E-state index contributed by atoms with van der Waals surface area (Å²) in [5, 5.41) is 10.3. The van der Waals surface area contributed by atoms with Crippen molar-refractivity contribution >= 4 is 29.3 Å². The first-order valence-electron chi connectivity index (χ1n) is 9.49. The van der Waals surface area contributed by atoms with Gasteiger partial charge in [0.2, 0.25) is 17.6 Å². The summed E-state index contributed by atoms with van der Waals surface area (Å²) in [4.78, 5) is 16.9. The van der Waals surface area contributed by atoms with Crippen LogP contribution in [-0.4, -0.2) is 27.6 Å². The SMILES string of the molecule is CC1NC(SCc2nc(-c3ccc(Cl)c(F)c3)no2)NC(=O)C1Cc1ccccc1. The Morgan fingerprint density at radius 3 is 2.77 bits per heavy atom. The number of aromatic nitrogens is 2. The molecule has 2 aromatic carbocycles. The number of halogens is 2. The highest BCUT2D eigenvalue weighted by Gasteiger charge is 2.33. The summed E-state index contributed by atoms with van der Waals surface area (Å²) in [6.45, 7) is 2.01. The number of nitrogens with one attached hydrogen (secondary N) is 2. The lowest BCUT2D eigenvalue weighted by Gasteiger charge is -2.35. The van der Waals surface area contributed by atoms with Crippen LogP contribution < -0.4 is 10.6 Å². The van der Waals surface area contributed by atoms with Gasteiger partial charge in [-0.05, 0) is 37.1 Å². The van der Waals surface area contributed by atoms with Gasteiger partial charge in [0.1, 0.15) is 11.3 Å². The molecule has 0 aliphatic carbocycles. The van der Waals surface area contributed by atoms with Crippen LogP contribution in [0.4, 0.5) is 4.39 Å². The lowest BCUT2D eigenvalue weighted by Crippen LogP contribution is -2.59. The highest BCUT2D eigenvalue weighted by molar-refractivity contribution is 7.99. The molecule has 0 bridgehead atoms. The summed E-state index contributed by atoms with van der Waals surface area (Å²) in [5.41, 5.74) is 1.36. The van der Waals surface area contributed by atoms with E-state index in [1.54, 1.807) is 6.07 Å². The number of carbonyl (C=O) groups excluding carboxylic acids is 1. The van der Waals surface area contributed by atoms with Crippen LogP contribution >= 0.6 is 23.4 Å². The van der Waals surface area contributed by atoms with Gasteiger partial charge in [0.25, 0.3) is 0 Å². The third-order valence-corrected chi connectivity index (χ3v) is 6.25. The summed E-state index contributed by atoms with van der Waals surface area (Å²) in [5.74, 6) is 0.419. The lowest BCUT2D eigenvalue weighted by atomic mass is 9.91. The first-order chi connectivity index (χ1) is 14.5. The third kappa shape index (κ3) is 4.83. The topological polar surface area (TPSA) is 80.1 Å². The number of benzene rings is 2. The molecule has 2 heterocycles. The monoisotopic (exact) mass is 446 g/mol. The number of hydrogen-bond donors (Lipinski definition) is 2. The van der Waals surface area contributed by atoms with E-state index in [0.29, 0.717) is 23.6 Å². The van der Waals surface area contributed by atoms with Gasteiger partial charge in [0.05, 0.1) is 16.7 Å². The number of nitrogens with zero attached hydrogens (tertiary/aromatic N) is 2. The van der Waals surface area contributed by atoms with Gasteiger partial charge in [-0.25, -0.2) is 4.39 Å². The second-order valence-electron chi connectivity index (χ2n) is 7.09. The number of amides is 1. The number of rotatable bonds is 6. The number of hydrogen-bond acceptors (Lipinski definition) is 6. The molecule has 3 aromatic rings. The van der Waals surface area contributed by atoms with E-state index in [4.69, 9.17) is 16.1 Å². The molecular formula is C21H20ClFN4O2S. The van der Waals surface area contributed by atoms with Crippen molar-refractivity contribution in [3.8, 4) is 11.4 Å². The second-order valence-corrected chi connectivity index (χ2v) is 8.59. The Kier molecular flexibility index (Phi) is 6.36. The van der Waals surface area contributed by atoms with Gasteiger partial charge < -0.3 is 9.84 Å². The second kappa shape index (κ2) is 9.16. The molecule has 6 nitrogen and oxygen atoms in total. The van der Waals surface area contributed by atoms with Crippen molar-refractivity contribution in [1.82, 2.24) is 20.8 Å². The van der Waals surface area contributed by atoms with E-state index in [1.165, 1.54) is 23.9 Å². The summed E-state index contributed by atoms with van der Waals surface area (Å²) in [6.07, 6.45) is 0.683. The van der Waals surface area contributed by atoms with Crippen LogP contribution in [0.2, 0.25) is 5.02 Å². The van der Waals surface area contributed by atoms with Gasteiger partial charge in [0, 0.05) is 11.6 Å². The standard InChI is InChI=1S/C21H20ClFN4O2S/c1-12-15(9-13-5-3-2-4-6-13)20(28)26-21(24-12)30-11-18-25-19(27-29-18)14-7-8-16(22)17(23)10-14/h2-8,10,12,15,21,24H,9,11H2,1H3,(H,26,28). The molecule has 0 spiro atoms. The van der Waals surface area contributed by atoms with E-state index < -0.39 is 5.82 Å². The quantitative estimate of drug-likeness (QED) is 0.595. The zero-order valence-corrected chi connectivity index (χ0v) is 17.7. The maximum atomic E-state index is 13.6. The van der Waals surface area contributed by atoms with E-state index in [9.17, 15) is 9.18 Å². The Bertz CT molecular complexity index is 1030. The van der Waals surface area contributed by atoms with E-state index >= 15 is 0 Å². The molecule has 30 heavy (non-hydrogen) atoms. The molecule has 1 aliphatic heterocycles. The predicted molar refractivity (Wildman–Crippen MR) is 114 cm³/mol. The fourth-order valence-corrected chi connectivity index (χ4v) is 4.36. The first kappa shape index (κ1) is 20.8. The van der Waals surface area contributed by atoms with Gasteiger partial charge in [-0.15, -0.1) is 11.8 Å².